The third-order valence-corrected chi connectivity index (χ3v) is 23.8. The molecule has 5 aliphatic heterocycles. The molecule has 0 saturated carbocycles. The molecule has 0 N–H and O–H groups in total. The van der Waals surface area contributed by atoms with Gasteiger partial charge in [-0.15, -0.1) is 0 Å². The second-order valence-corrected chi connectivity index (χ2v) is 34.6. The molecule has 0 spiro atoms. The van der Waals surface area contributed by atoms with Crippen molar-refractivity contribution in [2.24, 2.45) is 29.6 Å². The van der Waals surface area contributed by atoms with Gasteiger partial charge in [0.15, 0.2) is 0 Å². The van der Waals surface area contributed by atoms with Crippen LogP contribution in [0.25, 0.3) is 0 Å². The fraction of sp³-hybridized carbons (Fsp3) is 0.898. The van der Waals surface area contributed by atoms with Gasteiger partial charge in [-0.05, 0) is 65.2 Å². The summed E-state index contributed by atoms with van der Waals surface area (Å²) in [5, 5.41) is 0. The first-order chi connectivity index (χ1) is 57.4. The lowest BCUT2D eigenvalue weighted by molar-refractivity contribution is -0.149. The zero-order chi connectivity index (χ0) is 86.7. The Kier molecular flexibility index (Phi) is 72.9. The number of unbranched alkanes of at least 4 members (excludes halogenated alkanes) is 45. The van der Waals surface area contributed by atoms with Gasteiger partial charge < -0.3 is 48.2 Å². The number of esters is 5. The van der Waals surface area contributed by atoms with E-state index in [1.807, 2.05) is 26.5 Å². The molecule has 5 saturated heterocycles. The maximum atomic E-state index is 12.1. The molecule has 0 bridgehead atoms. The quantitative estimate of drug-likeness (QED) is 0.0313. The Hall–Kier alpha value is -5.30. The lowest BCUT2D eigenvalue weighted by Crippen LogP contribution is -2.27. The average molecular weight is 1670 g/mol. The standard InChI is InChI=1S/C26H49NO3.C22H41NO3.C21H39NO3.C20H37NO3.C9H15NO3/c1-3-5-7-8-9-10-11-12-13-14-15-16-17-18-20-27-23-24(22-25(27)28)26(29)30-21-19-6-4-2;1-3-5-7-8-9-10-11-12-13-14-16-23-19-20(18-21(23)24)22(25)26-17-15-6-4-2;1-3-5-7-8-9-10-11-12-13-15-22-18-19(17-20(22)23)21(24)25-16-14-6-4-2;1-3-5-7-8-9-10-11-12-14-21-17-18(16-19(21)22)20(23)24-15-13-6-4-2;1-3-10-6-7(5-8(10)11)9(12)13-4-2/h24H,3-23H2,1-2H3;20H,3-19H2,1-2H3;19H,3-18H2,1-2H3;18H,3-17H2,1-2H3;7H,3-6H2,1-2H3. The molecular weight excluding hydrogens is 1490 g/mol. The Bertz CT molecular complexity index is 2540. The fourth-order valence-electron chi connectivity index (χ4n) is 16.0. The van der Waals surface area contributed by atoms with Crippen LogP contribution in [0.15, 0.2) is 0 Å². The monoisotopic (exact) mass is 1670 g/mol. The van der Waals surface area contributed by atoms with Crippen LogP contribution in [0, 0.1) is 29.6 Å². The van der Waals surface area contributed by atoms with Crippen LogP contribution in [0.3, 0.4) is 0 Å². The molecule has 20 nitrogen and oxygen atoms in total. The van der Waals surface area contributed by atoms with E-state index in [1.54, 1.807) is 11.8 Å². The molecule has 118 heavy (non-hydrogen) atoms. The normalized spacial score (nSPS) is 17.6. The summed E-state index contributed by atoms with van der Waals surface area (Å²) in [4.78, 5) is 128. The van der Waals surface area contributed by atoms with Crippen LogP contribution >= 0.6 is 0 Å². The molecule has 5 amide bonds. The van der Waals surface area contributed by atoms with Gasteiger partial charge >= 0.3 is 29.8 Å². The first kappa shape index (κ1) is 111. The van der Waals surface area contributed by atoms with Crippen molar-refractivity contribution in [2.45, 2.75) is 442 Å². The zero-order valence-corrected chi connectivity index (χ0v) is 77.9. The number of carbonyl (C=O) groups excluding carboxylic acids is 10. The van der Waals surface area contributed by atoms with Crippen molar-refractivity contribution in [3.05, 3.63) is 0 Å². The number of rotatable bonds is 68. The van der Waals surface area contributed by atoms with Gasteiger partial charge in [-0.2, -0.15) is 0 Å². The van der Waals surface area contributed by atoms with Gasteiger partial charge in [-0.25, -0.2) is 0 Å². The Morgan fingerprint density at radius 2 is 0.364 bits per heavy atom. The summed E-state index contributed by atoms with van der Waals surface area (Å²) in [6.07, 6.45) is 67.6. The Morgan fingerprint density at radius 1 is 0.212 bits per heavy atom. The zero-order valence-electron chi connectivity index (χ0n) is 77.9. The summed E-state index contributed by atoms with van der Waals surface area (Å²) in [6, 6.07) is 0. The molecule has 20 heteroatoms. The first-order valence-electron chi connectivity index (χ1n) is 49.7. The molecule has 0 aromatic carbocycles. The van der Waals surface area contributed by atoms with Crippen LogP contribution < -0.4 is 0 Å². The van der Waals surface area contributed by atoms with E-state index in [4.69, 9.17) is 23.7 Å². The second kappa shape index (κ2) is 77.7. The van der Waals surface area contributed by atoms with Crippen LogP contribution in [0.1, 0.15) is 442 Å². The Balaban J connectivity index is 0.000000750. The van der Waals surface area contributed by atoms with E-state index in [2.05, 4.69) is 55.4 Å². The SMILES string of the molecule is CCCCCCCCCCCCCCCCN1CC(C(=O)OCCCCC)CC1=O.CCCCCCCCCCCCN1CC(C(=O)OCCCCC)CC1=O.CCCCCCCCCCCN1CC(C(=O)OCCCCC)CC1=O.CCCCCCCCCCN1CC(C(=O)OCCCCC)CC1=O.CCOC(=O)C1CC(=O)N(CC)C1. The Labute approximate surface area is 721 Å². The van der Waals surface area contributed by atoms with Crippen molar-refractivity contribution in [1.82, 2.24) is 24.5 Å². The van der Waals surface area contributed by atoms with Crippen molar-refractivity contribution < 1.29 is 71.6 Å². The van der Waals surface area contributed by atoms with E-state index < -0.39 is 0 Å². The lowest BCUT2D eigenvalue weighted by atomic mass is 10.0. The van der Waals surface area contributed by atoms with Crippen LogP contribution in [0.4, 0.5) is 0 Å². The molecule has 688 valence electrons. The summed E-state index contributed by atoms with van der Waals surface area (Å²) in [5.74, 6) is -1.64. The van der Waals surface area contributed by atoms with Crippen molar-refractivity contribution in [3.8, 4) is 0 Å². The molecule has 5 fully saturated rings. The van der Waals surface area contributed by atoms with E-state index in [1.165, 1.54) is 238 Å². The smallest absolute Gasteiger partial charge is 0.311 e. The number of likely N-dealkylation sites (tertiary alicyclic amines) is 5. The van der Waals surface area contributed by atoms with Crippen LogP contribution in [0.2, 0.25) is 0 Å². The molecule has 5 aliphatic rings. The third kappa shape index (κ3) is 57.1. The highest BCUT2D eigenvalue weighted by Crippen LogP contribution is 2.27. The molecule has 5 rings (SSSR count). The molecule has 0 aliphatic carbocycles. The average Bonchev–Trinajstić information content (AvgIpc) is 1.73. The highest BCUT2D eigenvalue weighted by atomic mass is 16.5. The largest absolute Gasteiger partial charge is 0.466 e. The maximum Gasteiger partial charge on any atom is 0.311 e. The number of nitrogens with zero attached hydrogens (tertiary/aromatic N) is 5. The third-order valence-electron chi connectivity index (χ3n) is 23.8. The molecule has 5 atom stereocenters. The maximum absolute atomic E-state index is 12.1. The van der Waals surface area contributed by atoms with Gasteiger partial charge in [0.2, 0.25) is 29.5 Å². The summed E-state index contributed by atoms with van der Waals surface area (Å²) in [6.45, 7) is 30.2. The molecule has 5 heterocycles. The van der Waals surface area contributed by atoms with Gasteiger partial charge in [-0.3, -0.25) is 47.9 Å². The molecule has 0 aromatic heterocycles. The van der Waals surface area contributed by atoms with Crippen LogP contribution in [-0.2, 0) is 71.6 Å². The van der Waals surface area contributed by atoms with E-state index in [0.29, 0.717) is 104 Å². The van der Waals surface area contributed by atoms with Gasteiger partial charge in [0.25, 0.3) is 0 Å². The van der Waals surface area contributed by atoms with Crippen molar-refractivity contribution in [2.75, 3.05) is 98.5 Å². The summed E-state index contributed by atoms with van der Waals surface area (Å²) < 4.78 is 26.1. The van der Waals surface area contributed by atoms with E-state index >= 15 is 0 Å². The highest BCUT2D eigenvalue weighted by molar-refractivity contribution is 5.89. The summed E-state index contributed by atoms with van der Waals surface area (Å²) >= 11 is 0. The van der Waals surface area contributed by atoms with E-state index in [9.17, 15) is 47.9 Å². The highest BCUT2D eigenvalue weighted by Gasteiger charge is 2.39. The minimum absolute atomic E-state index is 0.0561. The Morgan fingerprint density at radius 3 is 0.534 bits per heavy atom. The van der Waals surface area contributed by atoms with Crippen molar-refractivity contribution in [1.29, 1.82) is 0 Å². The summed E-state index contributed by atoms with van der Waals surface area (Å²) in [7, 11) is 0. The number of carbonyl (C=O) groups is 10. The number of hydrogen-bond acceptors (Lipinski definition) is 15. The van der Waals surface area contributed by atoms with Crippen molar-refractivity contribution in [3.63, 3.8) is 0 Å². The number of ether oxygens (including phenoxy) is 5. The van der Waals surface area contributed by atoms with Gasteiger partial charge in [0.05, 0.1) is 62.6 Å². The van der Waals surface area contributed by atoms with Crippen LogP contribution in [-0.4, -0.2) is 182 Å². The van der Waals surface area contributed by atoms with Crippen LogP contribution in [0.5, 0.6) is 0 Å². The van der Waals surface area contributed by atoms with Gasteiger partial charge in [0.1, 0.15) is 0 Å². The topological polar surface area (TPSA) is 233 Å². The molecule has 5 unspecified atom stereocenters. The molecular formula is C98H181N5O15. The first-order valence-corrected chi connectivity index (χ1v) is 49.7. The minimum atomic E-state index is -0.245. The van der Waals surface area contributed by atoms with Crippen molar-refractivity contribution >= 4 is 59.4 Å². The predicted molar refractivity (Wildman–Crippen MR) is 480 cm³/mol. The van der Waals surface area contributed by atoms with E-state index in [0.717, 1.165) is 129 Å². The molecule has 0 aromatic rings. The fourth-order valence-corrected chi connectivity index (χ4v) is 16.0. The van der Waals surface area contributed by atoms with E-state index in [-0.39, 0.29) is 89.0 Å². The second-order valence-electron chi connectivity index (χ2n) is 34.6. The van der Waals surface area contributed by atoms with Gasteiger partial charge in [-0.1, -0.05) is 344 Å². The summed E-state index contributed by atoms with van der Waals surface area (Å²) in [5.41, 5.74) is 0. The minimum Gasteiger partial charge on any atom is -0.466 e. The molecule has 0 radical (unpaired) electrons. The predicted octanol–water partition coefficient (Wildman–Crippen LogP) is 22.8. The number of hydrogen-bond donors (Lipinski definition) is 0. The lowest BCUT2D eigenvalue weighted by Gasteiger charge is -2.16. The van der Waals surface area contributed by atoms with Gasteiger partial charge in [0, 0.05) is 97.6 Å². The number of amides is 5.